The van der Waals surface area contributed by atoms with Crippen LogP contribution in [0.25, 0.3) is 0 Å². The Labute approximate surface area is 102 Å². The number of carbonyl (C=O) groups excluding carboxylic acids is 1. The molecule has 0 aliphatic rings. The van der Waals surface area contributed by atoms with E-state index < -0.39 is 0 Å². The Bertz CT molecular complexity index is 326. The summed E-state index contributed by atoms with van der Waals surface area (Å²) in [5, 5.41) is 6.03. The van der Waals surface area contributed by atoms with Gasteiger partial charge in [-0.3, -0.25) is 4.79 Å². The van der Waals surface area contributed by atoms with Crippen molar-refractivity contribution < 1.29 is 9.21 Å². The molecule has 1 heterocycles. The molecule has 1 aromatic rings. The van der Waals surface area contributed by atoms with Crippen LogP contribution in [0.1, 0.15) is 30.0 Å². The van der Waals surface area contributed by atoms with Gasteiger partial charge in [-0.1, -0.05) is 6.92 Å². The highest BCUT2D eigenvalue weighted by Gasteiger charge is 2.12. The van der Waals surface area contributed by atoms with Crippen molar-refractivity contribution in [3.8, 4) is 0 Å². The Balaban J connectivity index is 0.00000225. The number of furan rings is 1. The highest BCUT2D eigenvalue weighted by Crippen LogP contribution is 2.07. The summed E-state index contributed by atoms with van der Waals surface area (Å²) in [6, 6.07) is 2.05. The van der Waals surface area contributed by atoms with E-state index >= 15 is 0 Å². The molecule has 92 valence electrons. The van der Waals surface area contributed by atoms with Crippen LogP contribution in [0.2, 0.25) is 0 Å². The van der Waals surface area contributed by atoms with Crippen molar-refractivity contribution in [3.05, 3.63) is 23.7 Å². The minimum Gasteiger partial charge on any atom is -0.459 e. The maximum atomic E-state index is 11.6. The number of hydrogen-bond acceptors (Lipinski definition) is 3. The number of carbonyl (C=O) groups is 1. The summed E-state index contributed by atoms with van der Waals surface area (Å²) in [6.45, 7) is 7.42. The first-order chi connectivity index (χ1) is 7.15. The fourth-order valence-corrected chi connectivity index (χ4v) is 1.35. The van der Waals surface area contributed by atoms with Gasteiger partial charge in [0.1, 0.15) is 0 Å². The van der Waals surface area contributed by atoms with Crippen LogP contribution in [0.3, 0.4) is 0 Å². The van der Waals surface area contributed by atoms with Crippen molar-refractivity contribution in [1.82, 2.24) is 10.6 Å². The van der Waals surface area contributed by atoms with Gasteiger partial charge in [-0.25, -0.2) is 0 Å². The lowest BCUT2D eigenvalue weighted by Gasteiger charge is -2.12. The van der Waals surface area contributed by atoms with Gasteiger partial charge in [0.15, 0.2) is 5.76 Å². The second kappa shape index (κ2) is 7.30. The maximum absolute atomic E-state index is 11.6. The molecular formula is C11H19ClN2O2. The Morgan fingerprint density at radius 3 is 2.75 bits per heavy atom. The van der Waals surface area contributed by atoms with Gasteiger partial charge in [-0.05, 0) is 26.5 Å². The van der Waals surface area contributed by atoms with E-state index in [1.807, 2.05) is 20.8 Å². The molecule has 0 bridgehead atoms. The summed E-state index contributed by atoms with van der Waals surface area (Å²) in [5.41, 5.74) is 0.864. The molecule has 4 nitrogen and oxygen atoms in total. The predicted octanol–water partition coefficient (Wildman–Crippen LogP) is 1.74. The number of likely N-dealkylation sites (N-methyl/N-ethyl adjacent to an activating group) is 1. The lowest BCUT2D eigenvalue weighted by Crippen LogP contribution is -2.38. The van der Waals surface area contributed by atoms with Crippen LogP contribution in [0.5, 0.6) is 0 Å². The summed E-state index contributed by atoms with van der Waals surface area (Å²) in [5.74, 6) is 0.251. The quantitative estimate of drug-likeness (QED) is 0.832. The minimum atomic E-state index is -0.151. The van der Waals surface area contributed by atoms with Crippen molar-refractivity contribution in [2.24, 2.45) is 0 Å². The standard InChI is InChI=1S/C11H18N2O2.ClH/c1-4-12-9(3)7-13-11(14)10-8(2)5-6-15-10;/h5-6,9,12H,4,7H2,1-3H3,(H,13,14);1H/t9-;/m1./s1. The highest BCUT2D eigenvalue weighted by atomic mass is 35.5. The third-order valence-corrected chi connectivity index (χ3v) is 2.19. The largest absolute Gasteiger partial charge is 0.459 e. The molecule has 0 radical (unpaired) electrons. The fraction of sp³-hybridized carbons (Fsp3) is 0.545. The molecule has 1 atom stereocenters. The molecule has 1 rings (SSSR count). The molecule has 0 saturated heterocycles. The second-order valence-corrected chi connectivity index (χ2v) is 3.60. The van der Waals surface area contributed by atoms with Gasteiger partial charge in [-0.2, -0.15) is 0 Å². The van der Waals surface area contributed by atoms with Crippen LogP contribution >= 0.6 is 12.4 Å². The molecule has 0 fully saturated rings. The summed E-state index contributed by atoms with van der Waals surface area (Å²) in [4.78, 5) is 11.6. The van der Waals surface area contributed by atoms with Gasteiger partial charge in [0.25, 0.3) is 5.91 Å². The van der Waals surface area contributed by atoms with Gasteiger partial charge in [0, 0.05) is 18.2 Å². The first-order valence-electron chi connectivity index (χ1n) is 5.20. The lowest BCUT2D eigenvalue weighted by atomic mass is 10.2. The van der Waals surface area contributed by atoms with E-state index in [9.17, 15) is 4.79 Å². The van der Waals surface area contributed by atoms with E-state index in [2.05, 4.69) is 10.6 Å². The van der Waals surface area contributed by atoms with Crippen LogP contribution in [-0.4, -0.2) is 25.0 Å². The Kier molecular flexibility index (Phi) is 6.85. The number of halogens is 1. The van der Waals surface area contributed by atoms with Crippen LogP contribution in [0.15, 0.2) is 16.7 Å². The summed E-state index contributed by atoms with van der Waals surface area (Å²) in [6.07, 6.45) is 1.53. The maximum Gasteiger partial charge on any atom is 0.287 e. The molecule has 0 aliphatic heterocycles. The molecule has 16 heavy (non-hydrogen) atoms. The molecular weight excluding hydrogens is 228 g/mol. The molecule has 0 saturated carbocycles. The van der Waals surface area contributed by atoms with Gasteiger partial charge in [-0.15, -0.1) is 12.4 Å². The first-order valence-corrected chi connectivity index (χ1v) is 5.20. The predicted molar refractivity (Wildman–Crippen MR) is 66.2 cm³/mol. The van der Waals surface area contributed by atoms with E-state index in [0.717, 1.165) is 12.1 Å². The Hall–Kier alpha value is -1.00. The summed E-state index contributed by atoms with van der Waals surface area (Å²) in [7, 11) is 0. The van der Waals surface area contributed by atoms with Crippen molar-refractivity contribution >= 4 is 18.3 Å². The van der Waals surface area contributed by atoms with E-state index in [1.165, 1.54) is 6.26 Å². The van der Waals surface area contributed by atoms with Gasteiger partial charge < -0.3 is 15.1 Å². The fourth-order valence-electron chi connectivity index (χ4n) is 1.35. The van der Waals surface area contributed by atoms with Crippen LogP contribution in [-0.2, 0) is 0 Å². The smallest absolute Gasteiger partial charge is 0.287 e. The summed E-state index contributed by atoms with van der Waals surface area (Å²) < 4.78 is 5.09. The molecule has 1 amide bonds. The zero-order valence-corrected chi connectivity index (χ0v) is 10.7. The Morgan fingerprint density at radius 2 is 2.25 bits per heavy atom. The first kappa shape index (κ1) is 15.0. The van der Waals surface area contributed by atoms with E-state index in [0.29, 0.717) is 12.3 Å². The van der Waals surface area contributed by atoms with Crippen molar-refractivity contribution in [1.29, 1.82) is 0 Å². The molecule has 0 aliphatic carbocycles. The number of amides is 1. The van der Waals surface area contributed by atoms with Gasteiger partial charge in [0.05, 0.1) is 6.26 Å². The summed E-state index contributed by atoms with van der Waals surface area (Å²) >= 11 is 0. The highest BCUT2D eigenvalue weighted by molar-refractivity contribution is 5.92. The van der Waals surface area contributed by atoms with Crippen LogP contribution in [0.4, 0.5) is 0 Å². The second-order valence-electron chi connectivity index (χ2n) is 3.60. The SMILES string of the molecule is CCN[C@H](C)CNC(=O)c1occc1C.Cl. The monoisotopic (exact) mass is 246 g/mol. The molecule has 2 N–H and O–H groups in total. The van der Waals surface area contributed by atoms with E-state index in [1.54, 1.807) is 6.07 Å². The minimum absolute atomic E-state index is 0. The molecule has 0 spiro atoms. The number of hydrogen-bond donors (Lipinski definition) is 2. The average Bonchev–Trinajstić information content (AvgIpc) is 2.61. The third-order valence-electron chi connectivity index (χ3n) is 2.19. The van der Waals surface area contributed by atoms with Gasteiger partial charge >= 0.3 is 0 Å². The normalized spacial score (nSPS) is 11.7. The van der Waals surface area contributed by atoms with E-state index in [4.69, 9.17) is 4.42 Å². The zero-order chi connectivity index (χ0) is 11.3. The van der Waals surface area contributed by atoms with E-state index in [-0.39, 0.29) is 24.4 Å². The molecule has 5 heteroatoms. The number of rotatable bonds is 5. The number of nitrogens with one attached hydrogen (secondary N) is 2. The van der Waals surface area contributed by atoms with Crippen LogP contribution < -0.4 is 10.6 Å². The zero-order valence-electron chi connectivity index (χ0n) is 9.87. The third kappa shape index (κ3) is 4.24. The van der Waals surface area contributed by atoms with Crippen molar-refractivity contribution in [2.75, 3.05) is 13.1 Å². The van der Waals surface area contributed by atoms with Crippen molar-refractivity contribution in [3.63, 3.8) is 0 Å². The topological polar surface area (TPSA) is 54.3 Å². The lowest BCUT2D eigenvalue weighted by molar-refractivity contribution is 0.0921. The van der Waals surface area contributed by atoms with Gasteiger partial charge in [0.2, 0.25) is 0 Å². The van der Waals surface area contributed by atoms with Crippen LogP contribution in [0, 0.1) is 6.92 Å². The Morgan fingerprint density at radius 1 is 1.56 bits per heavy atom. The molecule has 0 unspecified atom stereocenters. The number of aryl methyl sites for hydroxylation is 1. The molecule has 1 aromatic heterocycles. The average molecular weight is 247 g/mol. The molecule has 0 aromatic carbocycles. The van der Waals surface area contributed by atoms with Crippen molar-refractivity contribution in [2.45, 2.75) is 26.8 Å².